The molecule has 0 bridgehead atoms. The highest BCUT2D eigenvalue weighted by atomic mass is 32.2. The van der Waals surface area contributed by atoms with Crippen molar-refractivity contribution < 1.29 is 8.78 Å². The van der Waals surface area contributed by atoms with Gasteiger partial charge in [-0.3, -0.25) is 13.8 Å². The summed E-state index contributed by atoms with van der Waals surface area (Å²) in [5.41, 5.74) is 0.864. The van der Waals surface area contributed by atoms with Crippen molar-refractivity contribution in [1.29, 1.82) is 0 Å². The van der Waals surface area contributed by atoms with Crippen LogP contribution in [0.25, 0.3) is 16.7 Å². The van der Waals surface area contributed by atoms with Gasteiger partial charge in [0.1, 0.15) is 0 Å². The molecule has 0 fully saturated rings. The molecule has 0 aliphatic rings. The van der Waals surface area contributed by atoms with Gasteiger partial charge in [-0.25, -0.2) is 8.78 Å². The van der Waals surface area contributed by atoms with E-state index in [4.69, 9.17) is 0 Å². The quantitative estimate of drug-likeness (QED) is 0.322. The van der Waals surface area contributed by atoms with Crippen molar-refractivity contribution in [1.82, 2.24) is 19.2 Å². The Labute approximate surface area is 170 Å². The Balaban J connectivity index is 1.79. The van der Waals surface area contributed by atoms with Crippen LogP contribution < -0.4 is 5.56 Å². The summed E-state index contributed by atoms with van der Waals surface area (Å²) in [7, 11) is 0. The topological polar surface area (TPSA) is 52.2 Å². The number of halogens is 2. The zero-order valence-electron chi connectivity index (χ0n) is 15.9. The Morgan fingerprint density at radius 3 is 2.69 bits per heavy atom. The van der Waals surface area contributed by atoms with Gasteiger partial charge in [0, 0.05) is 17.9 Å². The van der Waals surface area contributed by atoms with E-state index in [2.05, 4.69) is 17.1 Å². The molecule has 2 aromatic carbocycles. The highest BCUT2D eigenvalue weighted by molar-refractivity contribution is 7.98. The number of unbranched alkanes of at least 4 members (excludes halogenated alkanes) is 2. The molecule has 29 heavy (non-hydrogen) atoms. The fourth-order valence-corrected chi connectivity index (χ4v) is 4.27. The second-order valence-electron chi connectivity index (χ2n) is 6.80. The summed E-state index contributed by atoms with van der Waals surface area (Å²) in [5, 5.41) is 9.60. The maximum absolute atomic E-state index is 14.0. The number of para-hydroxylation sites is 1. The molecule has 4 aromatic rings. The van der Waals surface area contributed by atoms with Gasteiger partial charge in [-0.1, -0.05) is 55.8 Å². The summed E-state index contributed by atoms with van der Waals surface area (Å²) in [5.74, 6) is -1.06. The van der Waals surface area contributed by atoms with Crippen LogP contribution >= 0.6 is 11.8 Å². The zero-order valence-corrected chi connectivity index (χ0v) is 16.8. The van der Waals surface area contributed by atoms with Crippen LogP contribution in [0.1, 0.15) is 31.7 Å². The molecule has 0 aliphatic carbocycles. The molecule has 2 heterocycles. The molecule has 4 rings (SSSR count). The van der Waals surface area contributed by atoms with E-state index in [1.165, 1.54) is 17.8 Å². The molecule has 0 N–H and O–H groups in total. The molecule has 0 radical (unpaired) electrons. The van der Waals surface area contributed by atoms with E-state index in [1.54, 1.807) is 16.7 Å². The molecule has 0 aliphatic heterocycles. The molecular weight excluding hydrogens is 394 g/mol. The minimum absolute atomic E-state index is 0.0932. The highest BCUT2D eigenvalue weighted by Crippen LogP contribution is 2.26. The molecule has 5 nitrogen and oxygen atoms in total. The monoisotopic (exact) mass is 414 g/mol. The van der Waals surface area contributed by atoms with E-state index >= 15 is 0 Å². The van der Waals surface area contributed by atoms with Crippen LogP contribution in [0.3, 0.4) is 0 Å². The first kappa shape index (κ1) is 19.6. The van der Waals surface area contributed by atoms with E-state index in [-0.39, 0.29) is 16.9 Å². The van der Waals surface area contributed by atoms with Crippen LogP contribution in [0, 0.1) is 11.6 Å². The Morgan fingerprint density at radius 1 is 1.03 bits per heavy atom. The van der Waals surface area contributed by atoms with Crippen molar-refractivity contribution in [3.8, 4) is 0 Å². The second kappa shape index (κ2) is 8.32. The van der Waals surface area contributed by atoms with Crippen LogP contribution in [-0.2, 0) is 12.3 Å². The average Bonchev–Trinajstić information content (AvgIpc) is 3.15. The predicted octanol–water partition coefficient (Wildman–Crippen LogP) is 4.80. The number of nitrogens with zero attached hydrogens (tertiary/aromatic N) is 4. The van der Waals surface area contributed by atoms with Crippen LogP contribution in [0.4, 0.5) is 8.78 Å². The number of rotatable bonds is 7. The molecule has 0 unspecified atom stereocenters. The highest BCUT2D eigenvalue weighted by Gasteiger charge is 2.17. The summed E-state index contributed by atoms with van der Waals surface area (Å²) < 4.78 is 31.0. The van der Waals surface area contributed by atoms with Gasteiger partial charge in [-0.05, 0) is 24.6 Å². The van der Waals surface area contributed by atoms with Crippen molar-refractivity contribution >= 4 is 28.4 Å². The summed E-state index contributed by atoms with van der Waals surface area (Å²) in [6.45, 7) is 2.67. The first-order valence-corrected chi connectivity index (χ1v) is 10.5. The van der Waals surface area contributed by atoms with Crippen LogP contribution in [0.15, 0.2) is 52.4 Å². The Kier molecular flexibility index (Phi) is 5.62. The molecule has 0 spiro atoms. The number of aromatic nitrogens is 4. The molecule has 150 valence electrons. The van der Waals surface area contributed by atoms with Crippen molar-refractivity contribution in [3.05, 3.63) is 70.0 Å². The lowest BCUT2D eigenvalue weighted by atomic mass is 10.2. The van der Waals surface area contributed by atoms with Gasteiger partial charge in [0.25, 0.3) is 5.56 Å². The van der Waals surface area contributed by atoms with Gasteiger partial charge in [0.05, 0.1) is 10.9 Å². The Bertz CT molecular complexity index is 1230. The average molecular weight is 414 g/mol. The number of hydrogen-bond donors (Lipinski definition) is 0. The van der Waals surface area contributed by atoms with Crippen molar-refractivity contribution in [2.45, 2.75) is 43.6 Å². The molecular formula is C21H20F2N4OS. The van der Waals surface area contributed by atoms with E-state index in [9.17, 15) is 13.6 Å². The minimum atomic E-state index is -0.871. The number of aryl methyl sites for hydroxylation is 1. The summed E-state index contributed by atoms with van der Waals surface area (Å²) in [6, 6.07) is 11.4. The lowest BCUT2D eigenvalue weighted by Gasteiger charge is -2.11. The standard InChI is InChI=1S/C21H20F2N4OS/c1-2-3-6-12-26-19(28)15-9-4-5-11-17(15)27-20(26)24-25-21(27)29-13-14-8-7-10-16(22)18(14)23/h4-5,7-11H,2-3,6,12-13H2,1H3. The largest absolute Gasteiger partial charge is 0.276 e. The number of hydrogen-bond acceptors (Lipinski definition) is 4. The molecule has 8 heteroatoms. The molecule has 2 aromatic heterocycles. The van der Waals surface area contributed by atoms with E-state index in [0.29, 0.717) is 28.4 Å². The lowest BCUT2D eigenvalue weighted by molar-refractivity contribution is 0.502. The first-order valence-electron chi connectivity index (χ1n) is 9.54. The fourth-order valence-electron chi connectivity index (χ4n) is 3.35. The smallest absolute Gasteiger partial charge is 0.262 e. The van der Waals surface area contributed by atoms with Gasteiger partial charge in [-0.15, -0.1) is 10.2 Å². The number of fused-ring (bicyclic) bond motifs is 3. The Morgan fingerprint density at radius 2 is 1.86 bits per heavy atom. The molecule has 0 saturated heterocycles. The van der Waals surface area contributed by atoms with Gasteiger partial charge in [-0.2, -0.15) is 0 Å². The van der Waals surface area contributed by atoms with E-state index in [0.717, 1.165) is 25.3 Å². The van der Waals surface area contributed by atoms with Crippen molar-refractivity contribution in [3.63, 3.8) is 0 Å². The van der Waals surface area contributed by atoms with Gasteiger partial charge in [0.2, 0.25) is 5.78 Å². The normalized spacial score (nSPS) is 11.6. The molecule has 0 saturated carbocycles. The van der Waals surface area contributed by atoms with Gasteiger partial charge < -0.3 is 0 Å². The maximum Gasteiger partial charge on any atom is 0.262 e. The predicted molar refractivity (Wildman–Crippen MR) is 110 cm³/mol. The molecule has 0 amide bonds. The third-order valence-electron chi connectivity index (χ3n) is 4.85. The second-order valence-corrected chi connectivity index (χ2v) is 7.74. The third-order valence-corrected chi connectivity index (χ3v) is 5.83. The third kappa shape index (κ3) is 3.64. The van der Waals surface area contributed by atoms with Crippen molar-refractivity contribution in [2.24, 2.45) is 0 Å². The van der Waals surface area contributed by atoms with Crippen molar-refractivity contribution in [2.75, 3.05) is 0 Å². The Hall–Kier alpha value is -2.74. The zero-order chi connectivity index (χ0) is 20.4. The lowest BCUT2D eigenvalue weighted by Crippen LogP contribution is -2.23. The summed E-state index contributed by atoms with van der Waals surface area (Å²) in [6.07, 6.45) is 2.93. The van der Waals surface area contributed by atoms with Gasteiger partial charge >= 0.3 is 0 Å². The van der Waals surface area contributed by atoms with Crippen LogP contribution in [0.2, 0.25) is 0 Å². The minimum Gasteiger partial charge on any atom is -0.276 e. The first-order chi connectivity index (χ1) is 14.1. The summed E-state index contributed by atoms with van der Waals surface area (Å²) >= 11 is 1.26. The molecule has 0 atom stereocenters. The van der Waals surface area contributed by atoms with E-state index in [1.807, 2.05) is 22.6 Å². The fraction of sp³-hybridized carbons (Fsp3) is 0.286. The van der Waals surface area contributed by atoms with Gasteiger partial charge in [0.15, 0.2) is 16.8 Å². The SMILES string of the molecule is CCCCCn1c(=O)c2ccccc2n2c(SCc3cccc(F)c3F)nnc12. The maximum atomic E-state index is 14.0. The number of benzene rings is 2. The number of thioether (sulfide) groups is 1. The van der Waals surface area contributed by atoms with Crippen LogP contribution in [-0.4, -0.2) is 19.2 Å². The van der Waals surface area contributed by atoms with E-state index < -0.39 is 11.6 Å². The van der Waals surface area contributed by atoms with Crippen LogP contribution in [0.5, 0.6) is 0 Å². The summed E-state index contributed by atoms with van der Waals surface area (Å²) in [4.78, 5) is 13.0.